The molecule has 0 spiro atoms. The van der Waals surface area contributed by atoms with Crippen molar-refractivity contribution >= 4 is 21.7 Å². The molecule has 2 heterocycles. The monoisotopic (exact) mass is 385 g/mol. The van der Waals surface area contributed by atoms with Crippen LogP contribution in [0.4, 0.5) is 10.2 Å². The molecule has 0 saturated heterocycles. The van der Waals surface area contributed by atoms with E-state index in [9.17, 15) is 4.39 Å². The second kappa shape index (κ2) is 6.40. The third-order valence-corrected chi connectivity index (χ3v) is 4.86. The Hall–Kier alpha value is -2.14. The maximum Gasteiger partial charge on any atom is 0.148 e. The highest BCUT2D eigenvalue weighted by Crippen LogP contribution is 2.34. The van der Waals surface area contributed by atoms with Crippen LogP contribution in [-0.2, 0) is 6.42 Å². The van der Waals surface area contributed by atoms with Crippen molar-refractivity contribution in [1.29, 1.82) is 0 Å². The topological polar surface area (TPSA) is 29.9 Å². The van der Waals surface area contributed by atoms with Crippen molar-refractivity contribution in [3.63, 3.8) is 0 Å². The summed E-state index contributed by atoms with van der Waals surface area (Å²) < 4.78 is 17.1. The number of fused-ring (bicyclic) bond motifs is 1. The molecule has 3 nitrogen and oxygen atoms in total. The summed E-state index contributed by atoms with van der Waals surface area (Å²) in [5, 5.41) is 8.21. The lowest BCUT2D eigenvalue weighted by Crippen LogP contribution is -2.08. The average molecular weight is 386 g/mol. The predicted octanol–water partition coefficient (Wildman–Crippen LogP) is 5.19. The fraction of sp³-hybridized carbons (Fsp3) is 0.211. The van der Waals surface area contributed by atoms with Crippen LogP contribution in [0.1, 0.15) is 18.4 Å². The van der Waals surface area contributed by atoms with Crippen LogP contribution in [0, 0.1) is 5.82 Å². The van der Waals surface area contributed by atoms with Gasteiger partial charge in [0.25, 0.3) is 0 Å². The summed E-state index contributed by atoms with van der Waals surface area (Å²) in [6.07, 6.45) is 3.15. The van der Waals surface area contributed by atoms with Gasteiger partial charge in [-0.25, -0.2) is 9.07 Å². The van der Waals surface area contributed by atoms with Gasteiger partial charge in [-0.15, -0.1) is 0 Å². The lowest BCUT2D eigenvalue weighted by Gasteiger charge is -2.09. The summed E-state index contributed by atoms with van der Waals surface area (Å²) >= 11 is 3.47. The van der Waals surface area contributed by atoms with E-state index in [0.29, 0.717) is 5.69 Å². The van der Waals surface area contributed by atoms with Crippen LogP contribution < -0.4 is 5.32 Å². The van der Waals surface area contributed by atoms with Gasteiger partial charge in [-0.1, -0.05) is 40.2 Å². The summed E-state index contributed by atoms with van der Waals surface area (Å²) in [5.41, 5.74) is 3.62. The molecule has 0 radical (unpaired) electrons. The maximum absolute atomic E-state index is 14.3. The first-order chi connectivity index (χ1) is 11.7. The fourth-order valence-electron chi connectivity index (χ4n) is 3.14. The molecule has 1 aliphatic heterocycles. The average Bonchev–Trinajstić information content (AvgIpc) is 2.78. The highest BCUT2D eigenvalue weighted by Gasteiger charge is 2.22. The molecular formula is C19H17BrFN3. The van der Waals surface area contributed by atoms with Gasteiger partial charge in [0.15, 0.2) is 0 Å². The summed E-state index contributed by atoms with van der Waals surface area (Å²) in [6.45, 7) is 0.882. The molecule has 0 fully saturated rings. The summed E-state index contributed by atoms with van der Waals surface area (Å²) in [4.78, 5) is 0. The number of aromatic nitrogens is 2. The zero-order valence-corrected chi connectivity index (χ0v) is 14.7. The Morgan fingerprint density at radius 1 is 1.04 bits per heavy atom. The van der Waals surface area contributed by atoms with E-state index < -0.39 is 0 Å². The van der Waals surface area contributed by atoms with E-state index in [0.717, 1.165) is 52.9 Å². The maximum atomic E-state index is 14.3. The molecule has 24 heavy (non-hydrogen) atoms. The van der Waals surface area contributed by atoms with Crippen LogP contribution >= 0.6 is 15.9 Å². The van der Waals surface area contributed by atoms with E-state index in [1.807, 2.05) is 30.3 Å². The minimum Gasteiger partial charge on any atom is -0.370 e. The summed E-state index contributed by atoms with van der Waals surface area (Å²) in [7, 11) is 0. The van der Waals surface area contributed by atoms with Crippen molar-refractivity contribution < 1.29 is 4.39 Å². The van der Waals surface area contributed by atoms with Gasteiger partial charge in [-0.05, 0) is 43.5 Å². The highest BCUT2D eigenvalue weighted by atomic mass is 79.9. The van der Waals surface area contributed by atoms with E-state index in [1.165, 1.54) is 6.07 Å². The molecule has 1 aromatic heterocycles. The number of nitrogens with zero attached hydrogens (tertiary/aromatic N) is 2. The molecule has 0 bridgehead atoms. The Morgan fingerprint density at radius 2 is 1.83 bits per heavy atom. The number of anilines is 1. The van der Waals surface area contributed by atoms with Crippen molar-refractivity contribution in [1.82, 2.24) is 9.78 Å². The van der Waals surface area contributed by atoms with Crippen LogP contribution in [-0.4, -0.2) is 16.3 Å². The Labute approximate surface area is 148 Å². The largest absolute Gasteiger partial charge is 0.370 e. The highest BCUT2D eigenvalue weighted by molar-refractivity contribution is 9.10. The van der Waals surface area contributed by atoms with Gasteiger partial charge in [0.05, 0.1) is 5.69 Å². The van der Waals surface area contributed by atoms with E-state index in [4.69, 9.17) is 5.10 Å². The summed E-state index contributed by atoms with van der Waals surface area (Å²) in [6, 6.07) is 14.9. The lowest BCUT2D eigenvalue weighted by molar-refractivity contribution is 0.611. The van der Waals surface area contributed by atoms with Crippen molar-refractivity contribution in [3.05, 3.63) is 64.4 Å². The third-order valence-electron chi connectivity index (χ3n) is 4.33. The molecule has 3 aromatic rings. The second-order valence-corrected chi connectivity index (χ2v) is 6.85. The molecule has 1 aliphatic rings. The van der Waals surface area contributed by atoms with Crippen LogP contribution in [0.5, 0.6) is 0 Å². The molecule has 0 atom stereocenters. The Morgan fingerprint density at radius 3 is 2.62 bits per heavy atom. The normalized spacial score (nSPS) is 13.9. The van der Waals surface area contributed by atoms with Crippen LogP contribution in [0.25, 0.3) is 16.9 Å². The first kappa shape index (κ1) is 15.4. The van der Waals surface area contributed by atoms with Crippen LogP contribution in [0.3, 0.4) is 0 Å². The number of para-hydroxylation sites is 1. The van der Waals surface area contributed by atoms with Gasteiger partial charge >= 0.3 is 0 Å². The molecule has 2 aromatic carbocycles. The zero-order chi connectivity index (χ0) is 16.5. The Kier molecular flexibility index (Phi) is 4.10. The molecule has 0 aliphatic carbocycles. The molecule has 0 saturated carbocycles. The van der Waals surface area contributed by atoms with Gasteiger partial charge in [-0.3, -0.25) is 0 Å². The van der Waals surface area contributed by atoms with E-state index >= 15 is 0 Å². The lowest BCUT2D eigenvalue weighted by atomic mass is 10.0. The zero-order valence-electron chi connectivity index (χ0n) is 13.1. The standard InChI is InChI=1S/C19H17BrFN3/c20-14-10-8-13(9-11-14)18-15-5-3-4-12-22-19(15)24(23-18)17-7-2-1-6-16(17)21/h1-2,6-11,22H,3-5,12H2. The molecule has 0 amide bonds. The number of rotatable bonds is 2. The van der Waals surface area contributed by atoms with Crippen LogP contribution in [0.2, 0.25) is 0 Å². The fourth-order valence-corrected chi connectivity index (χ4v) is 3.40. The Balaban J connectivity index is 1.92. The molecule has 122 valence electrons. The number of halogens is 2. The van der Waals surface area contributed by atoms with Crippen molar-refractivity contribution in [3.8, 4) is 16.9 Å². The molecular weight excluding hydrogens is 369 g/mol. The molecule has 0 unspecified atom stereocenters. The molecule has 4 rings (SSSR count). The first-order valence-electron chi connectivity index (χ1n) is 8.10. The predicted molar refractivity (Wildman–Crippen MR) is 98.1 cm³/mol. The number of nitrogens with one attached hydrogen (secondary N) is 1. The molecule has 5 heteroatoms. The number of hydrogen-bond donors (Lipinski definition) is 1. The first-order valence-corrected chi connectivity index (χ1v) is 8.90. The van der Waals surface area contributed by atoms with Gasteiger partial charge in [0.1, 0.15) is 17.3 Å². The summed E-state index contributed by atoms with van der Waals surface area (Å²) in [5.74, 6) is 0.645. The van der Waals surface area contributed by atoms with Gasteiger partial charge < -0.3 is 5.32 Å². The minimum atomic E-state index is -0.267. The van der Waals surface area contributed by atoms with Crippen LogP contribution in [0.15, 0.2) is 53.0 Å². The Bertz CT molecular complexity index is 871. The van der Waals surface area contributed by atoms with Gasteiger partial charge in [-0.2, -0.15) is 5.10 Å². The van der Waals surface area contributed by atoms with E-state index in [-0.39, 0.29) is 5.82 Å². The quantitative estimate of drug-likeness (QED) is 0.657. The smallest absolute Gasteiger partial charge is 0.148 e. The SMILES string of the molecule is Fc1ccccc1-n1nc(-c2ccc(Br)cc2)c2c1NCCCC2. The third kappa shape index (κ3) is 2.73. The van der Waals surface area contributed by atoms with Gasteiger partial charge in [0.2, 0.25) is 0 Å². The number of hydrogen-bond acceptors (Lipinski definition) is 2. The van der Waals surface area contributed by atoms with Crippen molar-refractivity contribution in [2.45, 2.75) is 19.3 Å². The van der Waals surface area contributed by atoms with Gasteiger partial charge in [0, 0.05) is 22.1 Å². The second-order valence-electron chi connectivity index (χ2n) is 5.93. The molecule has 1 N–H and O–H groups in total. The van der Waals surface area contributed by atoms with Crippen molar-refractivity contribution in [2.24, 2.45) is 0 Å². The number of benzene rings is 2. The van der Waals surface area contributed by atoms with Crippen molar-refractivity contribution in [2.75, 3.05) is 11.9 Å². The van der Waals surface area contributed by atoms with E-state index in [1.54, 1.807) is 16.8 Å². The van der Waals surface area contributed by atoms with E-state index in [2.05, 4.69) is 21.2 Å². The minimum absolute atomic E-state index is 0.267.